The van der Waals surface area contributed by atoms with Gasteiger partial charge >= 0.3 is 5.97 Å². The number of nitrogens with zero attached hydrogens (tertiary/aromatic N) is 3. The third-order valence-electron chi connectivity index (χ3n) is 4.66. The molecule has 2 heterocycles. The third-order valence-corrected chi connectivity index (χ3v) is 5.99. The van der Waals surface area contributed by atoms with Gasteiger partial charge < -0.3 is 14.5 Å². The molecule has 1 saturated heterocycles. The number of amidine groups is 1. The minimum atomic E-state index is -3.88. The first-order valence-corrected chi connectivity index (χ1v) is 10.3. The maximum atomic E-state index is 12.6. The second kappa shape index (κ2) is 7.30. The highest BCUT2D eigenvalue weighted by Crippen LogP contribution is 2.35. The number of anilines is 1. The zero-order valence-corrected chi connectivity index (χ0v) is 16.5. The number of benzene rings is 1. The molecule has 9 heteroatoms. The van der Waals surface area contributed by atoms with Crippen molar-refractivity contribution in [1.29, 1.82) is 0 Å². The Morgan fingerprint density at radius 2 is 1.96 bits per heavy atom. The van der Waals surface area contributed by atoms with Crippen molar-refractivity contribution < 1.29 is 22.7 Å². The van der Waals surface area contributed by atoms with E-state index < -0.39 is 22.1 Å². The van der Waals surface area contributed by atoms with E-state index >= 15 is 0 Å². The van der Waals surface area contributed by atoms with Crippen molar-refractivity contribution in [2.24, 2.45) is 4.40 Å². The molecule has 1 aromatic rings. The normalized spacial score (nSPS) is 19.1. The minimum absolute atomic E-state index is 0.00538. The molecular formula is C18H23N3O5S. The van der Waals surface area contributed by atoms with Crippen molar-refractivity contribution in [1.82, 2.24) is 4.90 Å². The highest BCUT2D eigenvalue weighted by molar-refractivity contribution is 7.90. The van der Waals surface area contributed by atoms with Crippen molar-refractivity contribution in [3.63, 3.8) is 0 Å². The van der Waals surface area contributed by atoms with Gasteiger partial charge in [-0.05, 0) is 38.0 Å². The van der Waals surface area contributed by atoms with E-state index in [0.29, 0.717) is 24.5 Å². The van der Waals surface area contributed by atoms with Crippen LogP contribution in [0.15, 0.2) is 27.5 Å². The van der Waals surface area contributed by atoms with Crippen LogP contribution >= 0.6 is 0 Å². The van der Waals surface area contributed by atoms with Crippen LogP contribution in [0.5, 0.6) is 0 Å². The van der Waals surface area contributed by atoms with Crippen molar-refractivity contribution >= 4 is 33.4 Å². The van der Waals surface area contributed by atoms with Crippen LogP contribution in [0.2, 0.25) is 0 Å². The number of fused-ring (bicyclic) bond motifs is 3. The van der Waals surface area contributed by atoms with Crippen LogP contribution in [0.25, 0.3) is 0 Å². The lowest BCUT2D eigenvalue weighted by Crippen LogP contribution is -2.36. The molecule has 0 radical (unpaired) electrons. The topological polar surface area (TPSA) is 96.4 Å². The summed E-state index contributed by atoms with van der Waals surface area (Å²) >= 11 is 0. The molecule has 0 saturated carbocycles. The molecule has 2 aliphatic heterocycles. The van der Waals surface area contributed by atoms with E-state index in [1.165, 1.54) is 24.0 Å². The van der Waals surface area contributed by atoms with E-state index in [2.05, 4.69) is 4.40 Å². The number of carbonyl (C=O) groups is 2. The Kier molecular flexibility index (Phi) is 5.23. The van der Waals surface area contributed by atoms with Gasteiger partial charge in [0.25, 0.3) is 15.9 Å². The summed E-state index contributed by atoms with van der Waals surface area (Å²) in [5.41, 5.74) is 0.611. The number of hydrogen-bond acceptors (Lipinski definition) is 6. The molecule has 146 valence electrons. The number of likely N-dealkylation sites (N-methyl/N-ethyl adjacent to an activating group) is 1. The average Bonchev–Trinajstić information content (AvgIpc) is 2.85. The Hall–Kier alpha value is -2.42. The molecule has 2 aliphatic rings. The van der Waals surface area contributed by atoms with Gasteiger partial charge in [0.15, 0.2) is 6.10 Å². The number of carbonyl (C=O) groups excluding carboxylic acids is 2. The smallest absolute Gasteiger partial charge is 0.338 e. The van der Waals surface area contributed by atoms with E-state index in [-0.39, 0.29) is 16.4 Å². The summed E-state index contributed by atoms with van der Waals surface area (Å²) in [5.74, 6) is -0.547. The van der Waals surface area contributed by atoms with E-state index in [4.69, 9.17) is 4.74 Å². The molecule has 1 amide bonds. The fraction of sp³-hybridized carbons (Fsp3) is 0.500. The lowest BCUT2D eigenvalue weighted by Gasteiger charge is -2.29. The lowest BCUT2D eigenvalue weighted by atomic mass is 10.1. The van der Waals surface area contributed by atoms with E-state index in [1.54, 1.807) is 20.2 Å². The maximum absolute atomic E-state index is 12.6. The number of sulfonamides is 1. The Labute approximate surface area is 158 Å². The van der Waals surface area contributed by atoms with Crippen molar-refractivity contribution in [2.45, 2.75) is 43.6 Å². The first kappa shape index (κ1) is 19.3. The molecule has 1 fully saturated rings. The summed E-state index contributed by atoms with van der Waals surface area (Å²) in [7, 11) is -0.751. The van der Waals surface area contributed by atoms with Gasteiger partial charge in [0.2, 0.25) is 0 Å². The second-order valence-corrected chi connectivity index (χ2v) is 8.48. The molecule has 8 nitrogen and oxygen atoms in total. The number of hydrogen-bond donors (Lipinski definition) is 0. The summed E-state index contributed by atoms with van der Waals surface area (Å²) in [6.07, 6.45) is 2.53. The average molecular weight is 393 g/mol. The van der Waals surface area contributed by atoms with Crippen LogP contribution in [-0.4, -0.2) is 57.8 Å². The first-order chi connectivity index (χ1) is 12.7. The summed E-state index contributed by atoms with van der Waals surface area (Å²) in [5, 5.41) is 0. The van der Waals surface area contributed by atoms with Gasteiger partial charge in [0.1, 0.15) is 10.7 Å². The Balaban J connectivity index is 1.91. The van der Waals surface area contributed by atoms with Gasteiger partial charge in [-0.3, -0.25) is 4.79 Å². The van der Waals surface area contributed by atoms with E-state index in [0.717, 1.165) is 19.3 Å². The Bertz CT molecular complexity index is 908. The fourth-order valence-electron chi connectivity index (χ4n) is 3.25. The van der Waals surface area contributed by atoms with Crippen LogP contribution in [-0.2, 0) is 19.6 Å². The van der Waals surface area contributed by atoms with Gasteiger partial charge in [0, 0.05) is 27.1 Å². The first-order valence-electron chi connectivity index (χ1n) is 8.88. The summed E-state index contributed by atoms with van der Waals surface area (Å²) in [4.78, 5) is 27.5. The van der Waals surface area contributed by atoms with Gasteiger partial charge in [-0.25, -0.2) is 4.79 Å². The van der Waals surface area contributed by atoms with E-state index in [9.17, 15) is 18.0 Å². The summed E-state index contributed by atoms with van der Waals surface area (Å²) in [6, 6.07) is 4.42. The fourth-order valence-corrected chi connectivity index (χ4v) is 4.53. The molecule has 0 spiro atoms. The zero-order valence-electron chi connectivity index (χ0n) is 15.6. The van der Waals surface area contributed by atoms with Gasteiger partial charge in [-0.1, -0.05) is 6.42 Å². The third kappa shape index (κ3) is 3.83. The minimum Gasteiger partial charge on any atom is -0.449 e. The SMILES string of the molecule is C[C@H](OC(=O)c1ccc2c(c1)S(=O)(=O)N=C1CCCCCN12)C(=O)N(C)C. The van der Waals surface area contributed by atoms with Crippen LogP contribution in [0, 0.1) is 0 Å². The number of esters is 1. The molecule has 1 atom stereocenters. The van der Waals surface area contributed by atoms with Gasteiger partial charge in [-0.2, -0.15) is 8.42 Å². The Morgan fingerprint density at radius 1 is 1.22 bits per heavy atom. The zero-order chi connectivity index (χ0) is 19.8. The molecule has 0 bridgehead atoms. The predicted molar refractivity (Wildman–Crippen MR) is 100 cm³/mol. The highest BCUT2D eigenvalue weighted by atomic mass is 32.2. The second-order valence-electron chi connectivity index (χ2n) is 6.91. The lowest BCUT2D eigenvalue weighted by molar-refractivity contribution is -0.137. The largest absolute Gasteiger partial charge is 0.449 e. The van der Waals surface area contributed by atoms with Crippen LogP contribution in [0.4, 0.5) is 5.69 Å². The monoisotopic (exact) mass is 393 g/mol. The van der Waals surface area contributed by atoms with E-state index in [1.807, 2.05) is 4.90 Å². The van der Waals surface area contributed by atoms with Gasteiger partial charge in [0.05, 0.1) is 11.3 Å². The molecule has 0 unspecified atom stereocenters. The molecular weight excluding hydrogens is 370 g/mol. The highest BCUT2D eigenvalue weighted by Gasteiger charge is 2.32. The van der Waals surface area contributed by atoms with Crippen LogP contribution in [0.3, 0.4) is 0 Å². The summed E-state index contributed by atoms with van der Waals surface area (Å²) in [6.45, 7) is 2.17. The van der Waals surface area contributed by atoms with Crippen LogP contribution in [0.1, 0.15) is 43.0 Å². The summed E-state index contributed by atoms with van der Waals surface area (Å²) < 4.78 is 34.3. The molecule has 0 aromatic heterocycles. The molecule has 27 heavy (non-hydrogen) atoms. The van der Waals surface area contributed by atoms with Crippen molar-refractivity contribution in [3.05, 3.63) is 23.8 Å². The molecule has 0 aliphatic carbocycles. The molecule has 3 rings (SSSR count). The van der Waals surface area contributed by atoms with Crippen molar-refractivity contribution in [2.75, 3.05) is 25.5 Å². The van der Waals surface area contributed by atoms with Gasteiger partial charge in [-0.15, -0.1) is 4.40 Å². The Morgan fingerprint density at radius 3 is 2.67 bits per heavy atom. The van der Waals surface area contributed by atoms with Crippen molar-refractivity contribution in [3.8, 4) is 0 Å². The standard InChI is InChI=1S/C18H23N3O5S/c1-12(17(22)20(2)3)26-18(23)13-8-9-14-15(11-13)27(24,25)19-16-7-5-4-6-10-21(14)16/h8-9,11-12H,4-7,10H2,1-3H3/t12-/m0/s1. The quantitative estimate of drug-likeness (QED) is 0.727. The predicted octanol–water partition coefficient (Wildman–Crippen LogP) is 1.80. The van der Waals surface area contributed by atoms with Crippen LogP contribution < -0.4 is 4.90 Å². The number of amides is 1. The molecule has 0 N–H and O–H groups in total. The molecule has 1 aromatic carbocycles. The number of rotatable bonds is 3. The maximum Gasteiger partial charge on any atom is 0.338 e. The number of ether oxygens (including phenoxy) is 1.